The van der Waals surface area contributed by atoms with Gasteiger partial charge in [-0.15, -0.1) is 0 Å². The molecule has 5 N–H and O–H groups in total. The number of amidine groups is 1. The van der Waals surface area contributed by atoms with Gasteiger partial charge in [0.1, 0.15) is 11.4 Å². The lowest BCUT2D eigenvalue weighted by Gasteiger charge is -2.04. The SMILES string of the molecule is Cc1cc(=O)c(C(=O)NCCC(N)=NO)c[nH]1. The monoisotopic (exact) mass is 238 g/mol. The van der Waals surface area contributed by atoms with Gasteiger partial charge in [-0.2, -0.15) is 0 Å². The molecule has 0 aromatic carbocycles. The van der Waals surface area contributed by atoms with Gasteiger partial charge in [0.05, 0.1) is 0 Å². The number of nitrogens with one attached hydrogen (secondary N) is 2. The van der Waals surface area contributed by atoms with Gasteiger partial charge in [-0.25, -0.2) is 0 Å². The normalized spacial score (nSPS) is 11.2. The van der Waals surface area contributed by atoms with Crippen LogP contribution >= 0.6 is 0 Å². The number of hydrogen-bond donors (Lipinski definition) is 4. The molecule has 0 fully saturated rings. The van der Waals surface area contributed by atoms with Gasteiger partial charge in [0.15, 0.2) is 5.43 Å². The van der Waals surface area contributed by atoms with Gasteiger partial charge in [-0.05, 0) is 6.92 Å². The van der Waals surface area contributed by atoms with E-state index in [9.17, 15) is 9.59 Å². The highest BCUT2D eigenvalue weighted by Crippen LogP contribution is 1.92. The van der Waals surface area contributed by atoms with Crippen molar-refractivity contribution in [2.45, 2.75) is 13.3 Å². The van der Waals surface area contributed by atoms with Crippen LogP contribution in [0.1, 0.15) is 22.5 Å². The number of rotatable bonds is 4. The minimum absolute atomic E-state index is 0.0168. The Balaban J connectivity index is 2.62. The van der Waals surface area contributed by atoms with E-state index in [1.807, 2.05) is 0 Å². The predicted octanol–water partition coefficient (Wildman–Crippen LogP) is -0.450. The van der Waals surface area contributed by atoms with Gasteiger partial charge in [0.2, 0.25) is 0 Å². The third-order valence-corrected chi connectivity index (χ3v) is 2.10. The summed E-state index contributed by atoms with van der Waals surface area (Å²) in [6.07, 6.45) is 1.57. The van der Waals surface area contributed by atoms with Gasteiger partial charge in [0, 0.05) is 30.9 Å². The summed E-state index contributed by atoms with van der Waals surface area (Å²) in [7, 11) is 0. The van der Waals surface area contributed by atoms with Gasteiger partial charge in [-0.3, -0.25) is 9.59 Å². The number of oxime groups is 1. The third-order valence-electron chi connectivity index (χ3n) is 2.10. The Hall–Kier alpha value is -2.31. The van der Waals surface area contributed by atoms with Crippen molar-refractivity contribution in [3.63, 3.8) is 0 Å². The Kier molecular flexibility index (Phi) is 4.27. The molecule has 92 valence electrons. The topological polar surface area (TPSA) is 121 Å². The maximum atomic E-state index is 11.6. The molecule has 1 aromatic heterocycles. The van der Waals surface area contributed by atoms with Gasteiger partial charge in [-0.1, -0.05) is 5.16 Å². The first-order valence-electron chi connectivity index (χ1n) is 4.98. The summed E-state index contributed by atoms with van der Waals surface area (Å²) >= 11 is 0. The fourth-order valence-electron chi connectivity index (χ4n) is 1.20. The van der Waals surface area contributed by atoms with E-state index in [1.165, 1.54) is 12.3 Å². The lowest BCUT2D eigenvalue weighted by Crippen LogP contribution is -2.31. The standard InChI is InChI=1S/C10H14N4O3/c1-6-4-8(15)7(5-13-6)10(16)12-3-2-9(11)14-17/h4-5,17H,2-3H2,1H3,(H2,11,14)(H,12,16)(H,13,15). The van der Waals surface area contributed by atoms with E-state index in [0.29, 0.717) is 5.69 Å². The molecular weight excluding hydrogens is 224 g/mol. The second-order valence-corrected chi connectivity index (χ2v) is 3.49. The number of carbonyl (C=O) groups is 1. The van der Waals surface area contributed by atoms with Crippen molar-refractivity contribution >= 4 is 11.7 Å². The van der Waals surface area contributed by atoms with Crippen molar-refractivity contribution in [3.8, 4) is 0 Å². The average Bonchev–Trinajstić information content (AvgIpc) is 2.28. The number of aromatic amines is 1. The van der Waals surface area contributed by atoms with Crippen LogP contribution in [0.15, 0.2) is 22.2 Å². The summed E-state index contributed by atoms with van der Waals surface area (Å²) < 4.78 is 0. The highest BCUT2D eigenvalue weighted by molar-refractivity contribution is 5.94. The number of nitrogens with two attached hydrogens (primary N) is 1. The van der Waals surface area contributed by atoms with Gasteiger partial charge < -0.3 is 21.2 Å². The van der Waals surface area contributed by atoms with E-state index in [4.69, 9.17) is 10.9 Å². The molecule has 7 nitrogen and oxygen atoms in total. The van der Waals surface area contributed by atoms with Crippen LogP contribution in [-0.2, 0) is 0 Å². The summed E-state index contributed by atoms with van der Waals surface area (Å²) in [5.41, 5.74) is 5.60. The fourth-order valence-corrected chi connectivity index (χ4v) is 1.20. The number of carbonyl (C=O) groups excluding carboxylic acids is 1. The molecular formula is C10H14N4O3. The minimum Gasteiger partial charge on any atom is -0.409 e. The Labute approximate surface area is 97.3 Å². The van der Waals surface area contributed by atoms with Crippen LogP contribution in [0.5, 0.6) is 0 Å². The van der Waals surface area contributed by atoms with Crippen molar-refractivity contribution in [1.82, 2.24) is 10.3 Å². The Bertz CT molecular complexity index is 493. The molecule has 1 aromatic rings. The van der Waals surface area contributed by atoms with Crippen molar-refractivity contribution in [1.29, 1.82) is 0 Å². The molecule has 0 saturated heterocycles. The molecule has 1 amide bonds. The molecule has 0 radical (unpaired) electrons. The zero-order valence-electron chi connectivity index (χ0n) is 9.36. The molecule has 0 aliphatic carbocycles. The molecule has 0 bridgehead atoms. The molecule has 1 heterocycles. The largest absolute Gasteiger partial charge is 0.409 e. The Morgan fingerprint density at radius 2 is 2.35 bits per heavy atom. The Morgan fingerprint density at radius 1 is 1.65 bits per heavy atom. The van der Waals surface area contributed by atoms with E-state index in [-0.39, 0.29) is 29.8 Å². The zero-order chi connectivity index (χ0) is 12.8. The van der Waals surface area contributed by atoms with E-state index in [0.717, 1.165) is 0 Å². The minimum atomic E-state index is -0.489. The van der Waals surface area contributed by atoms with Gasteiger partial charge >= 0.3 is 0 Å². The maximum absolute atomic E-state index is 11.6. The van der Waals surface area contributed by atoms with Crippen molar-refractivity contribution < 1.29 is 10.0 Å². The molecule has 7 heteroatoms. The number of aromatic nitrogens is 1. The summed E-state index contributed by atoms with van der Waals surface area (Å²) in [6.45, 7) is 1.92. The van der Waals surface area contributed by atoms with Crippen molar-refractivity contribution in [2.24, 2.45) is 10.9 Å². The first-order valence-corrected chi connectivity index (χ1v) is 4.98. The number of pyridine rings is 1. The average molecular weight is 238 g/mol. The number of nitrogens with zero attached hydrogens (tertiary/aromatic N) is 1. The molecule has 0 aliphatic rings. The number of amides is 1. The van der Waals surface area contributed by atoms with E-state index in [1.54, 1.807) is 6.92 Å². The van der Waals surface area contributed by atoms with Crippen LogP contribution in [0.25, 0.3) is 0 Å². The first-order chi connectivity index (χ1) is 8.04. The second kappa shape index (κ2) is 5.69. The van der Waals surface area contributed by atoms with Crippen LogP contribution < -0.4 is 16.5 Å². The summed E-state index contributed by atoms with van der Waals surface area (Å²) in [4.78, 5) is 25.8. The van der Waals surface area contributed by atoms with E-state index in [2.05, 4.69) is 15.5 Å². The van der Waals surface area contributed by atoms with Crippen LogP contribution in [0.2, 0.25) is 0 Å². The number of H-pyrrole nitrogens is 1. The van der Waals surface area contributed by atoms with Gasteiger partial charge in [0.25, 0.3) is 5.91 Å². The summed E-state index contributed by atoms with van der Waals surface area (Å²) in [5, 5.41) is 13.5. The fraction of sp³-hybridized carbons (Fsp3) is 0.300. The van der Waals surface area contributed by atoms with Crippen LogP contribution in [0.4, 0.5) is 0 Å². The zero-order valence-corrected chi connectivity index (χ0v) is 9.36. The van der Waals surface area contributed by atoms with Crippen molar-refractivity contribution in [2.75, 3.05) is 6.54 Å². The lowest BCUT2D eigenvalue weighted by molar-refractivity contribution is 0.0953. The van der Waals surface area contributed by atoms with Crippen LogP contribution in [0.3, 0.4) is 0 Å². The molecule has 0 saturated carbocycles. The second-order valence-electron chi connectivity index (χ2n) is 3.49. The lowest BCUT2D eigenvalue weighted by atomic mass is 10.2. The van der Waals surface area contributed by atoms with E-state index < -0.39 is 5.91 Å². The third kappa shape index (κ3) is 3.63. The summed E-state index contributed by atoms with van der Waals surface area (Å²) in [6, 6.07) is 1.35. The van der Waals surface area contributed by atoms with Crippen LogP contribution in [0, 0.1) is 6.92 Å². The quantitative estimate of drug-likeness (QED) is 0.246. The van der Waals surface area contributed by atoms with Crippen LogP contribution in [-0.4, -0.2) is 28.5 Å². The highest BCUT2D eigenvalue weighted by Gasteiger charge is 2.09. The van der Waals surface area contributed by atoms with E-state index >= 15 is 0 Å². The smallest absolute Gasteiger partial charge is 0.256 e. The Morgan fingerprint density at radius 3 is 2.94 bits per heavy atom. The molecule has 1 rings (SSSR count). The molecule has 17 heavy (non-hydrogen) atoms. The predicted molar refractivity (Wildman–Crippen MR) is 62.2 cm³/mol. The molecule has 0 aliphatic heterocycles. The first kappa shape index (κ1) is 12.8. The highest BCUT2D eigenvalue weighted by atomic mass is 16.4. The number of hydrogen-bond acceptors (Lipinski definition) is 4. The van der Waals surface area contributed by atoms with Crippen molar-refractivity contribution in [3.05, 3.63) is 33.7 Å². The molecule has 0 spiro atoms. The number of aryl methyl sites for hydroxylation is 1. The summed E-state index contributed by atoms with van der Waals surface area (Å²) in [5.74, 6) is -0.472. The molecule has 0 atom stereocenters. The molecule has 0 unspecified atom stereocenters. The maximum Gasteiger partial charge on any atom is 0.256 e.